The number of nitrogens with one attached hydrogen (secondary N) is 2. The van der Waals surface area contributed by atoms with Gasteiger partial charge in [-0.2, -0.15) is 0 Å². The number of carbonyl (C=O) groups is 1. The SMILES string of the molecule is CCN=C(N)NC(=O)Nc1c(C)cccc1CC. The third-order valence-corrected chi connectivity index (χ3v) is 2.55. The number of hydrogen-bond acceptors (Lipinski definition) is 2. The van der Waals surface area contributed by atoms with Gasteiger partial charge in [0.05, 0.1) is 0 Å². The molecule has 2 amide bonds. The van der Waals surface area contributed by atoms with Crippen molar-refractivity contribution in [2.75, 3.05) is 11.9 Å². The normalized spacial score (nSPS) is 11.2. The van der Waals surface area contributed by atoms with E-state index in [1.807, 2.05) is 39.0 Å². The number of nitrogens with zero attached hydrogens (tertiary/aromatic N) is 1. The van der Waals surface area contributed by atoms with Crippen LogP contribution in [0, 0.1) is 6.92 Å². The van der Waals surface area contributed by atoms with E-state index in [4.69, 9.17) is 5.73 Å². The Balaban J connectivity index is 2.79. The second kappa shape index (κ2) is 6.64. The molecule has 0 radical (unpaired) electrons. The van der Waals surface area contributed by atoms with Crippen LogP contribution in [0.2, 0.25) is 0 Å². The molecule has 0 heterocycles. The molecule has 0 aromatic heterocycles. The average Bonchev–Trinajstić information content (AvgIpc) is 2.31. The molecule has 0 aliphatic heterocycles. The number of aryl methyl sites for hydroxylation is 2. The van der Waals surface area contributed by atoms with Gasteiger partial charge in [-0.15, -0.1) is 0 Å². The van der Waals surface area contributed by atoms with Crippen molar-refractivity contribution in [3.8, 4) is 0 Å². The summed E-state index contributed by atoms with van der Waals surface area (Å²) in [6, 6.07) is 5.56. The number of amides is 2. The molecule has 0 fully saturated rings. The first-order chi connectivity index (χ1) is 8.58. The molecule has 0 saturated carbocycles. The molecule has 18 heavy (non-hydrogen) atoms. The number of hydrogen-bond donors (Lipinski definition) is 3. The molecule has 1 rings (SSSR count). The van der Waals surface area contributed by atoms with E-state index in [0.29, 0.717) is 6.54 Å². The fraction of sp³-hybridized carbons (Fsp3) is 0.385. The Kier molecular flexibility index (Phi) is 5.17. The summed E-state index contributed by atoms with van der Waals surface area (Å²) in [5.74, 6) is 0.127. The molecule has 5 nitrogen and oxygen atoms in total. The van der Waals surface area contributed by atoms with Gasteiger partial charge in [0.2, 0.25) is 0 Å². The number of rotatable bonds is 3. The minimum Gasteiger partial charge on any atom is -0.370 e. The van der Waals surface area contributed by atoms with E-state index in [0.717, 1.165) is 23.2 Å². The van der Waals surface area contributed by atoms with Crippen molar-refractivity contribution in [3.63, 3.8) is 0 Å². The number of nitrogens with two attached hydrogens (primary N) is 1. The number of carbonyl (C=O) groups excluding carboxylic acids is 1. The lowest BCUT2D eigenvalue weighted by Gasteiger charge is -2.13. The first-order valence-corrected chi connectivity index (χ1v) is 6.04. The molecule has 4 N–H and O–H groups in total. The number of urea groups is 1. The largest absolute Gasteiger partial charge is 0.370 e. The monoisotopic (exact) mass is 248 g/mol. The van der Waals surface area contributed by atoms with E-state index in [1.54, 1.807) is 0 Å². The van der Waals surface area contributed by atoms with Crippen LogP contribution in [0.1, 0.15) is 25.0 Å². The van der Waals surface area contributed by atoms with Crippen molar-refractivity contribution < 1.29 is 4.79 Å². The Morgan fingerprint density at radius 2 is 2.11 bits per heavy atom. The average molecular weight is 248 g/mol. The highest BCUT2D eigenvalue weighted by atomic mass is 16.2. The molecule has 0 aliphatic carbocycles. The van der Waals surface area contributed by atoms with Gasteiger partial charge >= 0.3 is 6.03 Å². The summed E-state index contributed by atoms with van der Waals surface area (Å²) in [6.45, 7) is 6.39. The molecular weight excluding hydrogens is 228 g/mol. The Morgan fingerprint density at radius 3 is 2.72 bits per heavy atom. The second-order valence-electron chi connectivity index (χ2n) is 3.90. The molecule has 0 saturated heterocycles. The number of guanidine groups is 1. The smallest absolute Gasteiger partial charge is 0.326 e. The standard InChI is InChI=1S/C13H20N4O/c1-4-10-8-6-7-9(3)11(10)16-13(18)17-12(14)15-5-2/h6-8H,4-5H2,1-3H3,(H4,14,15,16,17,18). The van der Waals surface area contributed by atoms with E-state index in [-0.39, 0.29) is 12.0 Å². The summed E-state index contributed by atoms with van der Waals surface area (Å²) in [4.78, 5) is 15.6. The summed E-state index contributed by atoms with van der Waals surface area (Å²) in [6.07, 6.45) is 0.857. The van der Waals surface area contributed by atoms with E-state index >= 15 is 0 Å². The lowest BCUT2D eigenvalue weighted by atomic mass is 10.1. The van der Waals surface area contributed by atoms with Crippen LogP contribution < -0.4 is 16.4 Å². The van der Waals surface area contributed by atoms with Crippen LogP contribution in [-0.4, -0.2) is 18.5 Å². The van der Waals surface area contributed by atoms with Crippen LogP contribution in [0.15, 0.2) is 23.2 Å². The topological polar surface area (TPSA) is 79.5 Å². The summed E-state index contributed by atoms with van der Waals surface area (Å²) >= 11 is 0. The summed E-state index contributed by atoms with van der Waals surface area (Å²) in [5, 5.41) is 5.29. The number of benzene rings is 1. The van der Waals surface area contributed by atoms with Gasteiger partial charge in [0.25, 0.3) is 0 Å². The van der Waals surface area contributed by atoms with Crippen molar-refractivity contribution in [1.82, 2.24) is 5.32 Å². The van der Waals surface area contributed by atoms with Crippen LogP contribution in [0.3, 0.4) is 0 Å². The van der Waals surface area contributed by atoms with Gasteiger partial charge in [0, 0.05) is 12.2 Å². The Hall–Kier alpha value is -2.04. The minimum absolute atomic E-state index is 0.127. The zero-order chi connectivity index (χ0) is 13.5. The van der Waals surface area contributed by atoms with Crippen molar-refractivity contribution in [2.45, 2.75) is 27.2 Å². The highest BCUT2D eigenvalue weighted by Gasteiger charge is 2.08. The molecule has 0 atom stereocenters. The van der Waals surface area contributed by atoms with Crippen LogP contribution in [0.25, 0.3) is 0 Å². The third-order valence-electron chi connectivity index (χ3n) is 2.55. The summed E-state index contributed by atoms with van der Waals surface area (Å²) in [7, 11) is 0. The van der Waals surface area contributed by atoms with E-state index in [1.165, 1.54) is 0 Å². The Bertz CT molecular complexity index is 454. The summed E-state index contributed by atoms with van der Waals surface area (Å²) < 4.78 is 0. The molecule has 5 heteroatoms. The van der Waals surface area contributed by atoms with Gasteiger partial charge in [0.1, 0.15) is 0 Å². The maximum atomic E-state index is 11.7. The van der Waals surface area contributed by atoms with E-state index in [9.17, 15) is 4.79 Å². The molecule has 0 bridgehead atoms. The molecule has 0 aliphatic rings. The molecule has 98 valence electrons. The minimum atomic E-state index is -0.367. The van der Waals surface area contributed by atoms with Gasteiger partial charge in [0.15, 0.2) is 5.96 Å². The fourth-order valence-electron chi connectivity index (χ4n) is 1.67. The van der Waals surface area contributed by atoms with Gasteiger partial charge in [-0.3, -0.25) is 10.3 Å². The summed E-state index contributed by atoms with van der Waals surface area (Å²) in [5.41, 5.74) is 8.48. The van der Waals surface area contributed by atoms with Gasteiger partial charge in [-0.05, 0) is 31.4 Å². The van der Waals surface area contributed by atoms with Gasteiger partial charge < -0.3 is 11.1 Å². The van der Waals surface area contributed by atoms with E-state index < -0.39 is 0 Å². The Morgan fingerprint density at radius 1 is 1.39 bits per heavy atom. The van der Waals surface area contributed by atoms with Crippen molar-refractivity contribution in [2.24, 2.45) is 10.7 Å². The highest BCUT2D eigenvalue weighted by Crippen LogP contribution is 2.20. The third kappa shape index (κ3) is 3.76. The zero-order valence-electron chi connectivity index (χ0n) is 11.1. The van der Waals surface area contributed by atoms with E-state index in [2.05, 4.69) is 15.6 Å². The fourth-order valence-corrected chi connectivity index (χ4v) is 1.67. The first kappa shape index (κ1) is 14.0. The van der Waals surface area contributed by atoms with Crippen LogP contribution in [0.4, 0.5) is 10.5 Å². The van der Waals surface area contributed by atoms with Crippen LogP contribution in [0.5, 0.6) is 0 Å². The maximum absolute atomic E-state index is 11.7. The van der Waals surface area contributed by atoms with Crippen LogP contribution in [-0.2, 0) is 6.42 Å². The number of para-hydroxylation sites is 1. The first-order valence-electron chi connectivity index (χ1n) is 6.04. The number of anilines is 1. The Labute approximate surface area is 107 Å². The van der Waals surface area contributed by atoms with Crippen molar-refractivity contribution in [1.29, 1.82) is 0 Å². The maximum Gasteiger partial charge on any atom is 0.326 e. The predicted molar refractivity (Wildman–Crippen MR) is 74.9 cm³/mol. The molecule has 0 unspecified atom stereocenters. The van der Waals surface area contributed by atoms with Gasteiger partial charge in [-0.1, -0.05) is 25.1 Å². The number of aliphatic imine (C=N–C) groups is 1. The van der Waals surface area contributed by atoms with Crippen LogP contribution >= 0.6 is 0 Å². The molecule has 1 aromatic rings. The lowest BCUT2D eigenvalue weighted by molar-refractivity contribution is 0.256. The van der Waals surface area contributed by atoms with Gasteiger partial charge in [-0.25, -0.2) is 4.79 Å². The second-order valence-corrected chi connectivity index (χ2v) is 3.90. The lowest BCUT2D eigenvalue weighted by Crippen LogP contribution is -2.40. The predicted octanol–water partition coefficient (Wildman–Crippen LogP) is 2.01. The molecule has 0 spiro atoms. The zero-order valence-corrected chi connectivity index (χ0v) is 11.1. The highest BCUT2D eigenvalue weighted by molar-refractivity contribution is 6.02. The van der Waals surface area contributed by atoms with Crippen molar-refractivity contribution in [3.05, 3.63) is 29.3 Å². The quantitative estimate of drug-likeness (QED) is 0.565. The van der Waals surface area contributed by atoms with Crippen molar-refractivity contribution >= 4 is 17.7 Å². The molecular formula is C13H20N4O. The molecule has 1 aromatic carbocycles.